The van der Waals surface area contributed by atoms with Gasteiger partial charge in [0, 0.05) is 17.6 Å². The number of benzene rings is 1. The molecule has 0 radical (unpaired) electrons. The number of aliphatic carboxylic acids is 1. The molecule has 0 spiro atoms. The lowest BCUT2D eigenvalue weighted by molar-refractivity contribution is -0.136. The molecule has 19 heavy (non-hydrogen) atoms. The van der Waals surface area contributed by atoms with Crippen molar-refractivity contribution in [2.24, 2.45) is 0 Å². The Kier molecular flexibility index (Phi) is 4.52. The summed E-state index contributed by atoms with van der Waals surface area (Å²) in [7, 11) is 0. The van der Waals surface area contributed by atoms with Crippen LogP contribution in [0, 0.1) is 6.92 Å². The molecule has 0 amide bonds. The number of carboxylic acid groups (broad SMARTS) is 1. The van der Waals surface area contributed by atoms with E-state index in [9.17, 15) is 4.79 Å². The summed E-state index contributed by atoms with van der Waals surface area (Å²) in [6, 6.07) is 8.00. The quantitative estimate of drug-likeness (QED) is 0.881. The molecule has 1 N–H and O–H groups in total. The zero-order valence-electron chi connectivity index (χ0n) is 10.7. The van der Waals surface area contributed by atoms with Gasteiger partial charge >= 0.3 is 5.97 Å². The van der Waals surface area contributed by atoms with Crippen molar-refractivity contribution >= 4 is 23.0 Å². The normalized spacial score (nSPS) is 10.4. The van der Waals surface area contributed by atoms with E-state index in [1.807, 2.05) is 36.6 Å². The van der Waals surface area contributed by atoms with Gasteiger partial charge in [-0.2, -0.15) is 0 Å². The van der Waals surface area contributed by atoms with Crippen molar-refractivity contribution in [3.8, 4) is 0 Å². The highest BCUT2D eigenvalue weighted by atomic mass is 32.1. The van der Waals surface area contributed by atoms with Gasteiger partial charge in [-0.1, -0.05) is 18.2 Å². The predicted molar refractivity (Wildman–Crippen MR) is 76.6 cm³/mol. The van der Waals surface area contributed by atoms with Crippen LogP contribution in [0.4, 0.5) is 5.69 Å². The van der Waals surface area contributed by atoms with Crippen LogP contribution in [-0.2, 0) is 11.3 Å². The Bertz CT molecular complexity index is 540. The van der Waals surface area contributed by atoms with Gasteiger partial charge in [0.2, 0.25) is 0 Å². The Balaban J connectivity index is 2.18. The summed E-state index contributed by atoms with van der Waals surface area (Å²) in [6.07, 6.45) is 0.123. The summed E-state index contributed by atoms with van der Waals surface area (Å²) in [4.78, 5) is 17.1. The van der Waals surface area contributed by atoms with Crippen LogP contribution in [0.3, 0.4) is 0 Å². The van der Waals surface area contributed by atoms with Gasteiger partial charge in [-0.25, -0.2) is 4.98 Å². The molecule has 0 saturated carbocycles. The van der Waals surface area contributed by atoms with Crippen LogP contribution < -0.4 is 4.90 Å². The molecule has 2 aromatic rings. The first-order chi connectivity index (χ1) is 9.16. The molecule has 1 aromatic heterocycles. The SMILES string of the molecule is Cc1ccccc1N(CCC(=O)O)Cc1cscn1. The highest BCUT2D eigenvalue weighted by molar-refractivity contribution is 7.07. The summed E-state index contributed by atoms with van der Waals surface area (Å²) < 4.78 is 0. The van der Waals surface area contributed by atoms with E-state index in [-0.39, 0.29) is 6.42 Å². The van der Waals surface area contributed by atoms with E-state index < -0.39 is 5.97 Å². The number of hydrogen-bond donors (Lipinski definition) is 1. The molecule has 0 bridgehead atoms. The zero-order chi connectivity index (χ0) is 13.7. The average Bonchev–Trinajstić information content (AvgIpc) is 2.88. The molecule has 0 atom stereocenters. The number of aromatic nitrogens is 1. The maximum Gasteiger partial charge on any atom is 0.305 e. The Morgan fingerprint density at radius 1 is 1.42 bits per heavy atom. The topological polar surface area (TPSA) is 53.4 Å². The molecule has 0 aliphatic rings. The van der Waals surface area contributed by atoms with Crippen molar-refractivity contribution in [2.45, 2.75) is 19.9 Å². The summed E-state index contributed by atoms with van der Waals surface area (Å²) >= 11 is 1.55. The Hall–Kier alpha value is -1.88. The van der Waals surface area contributed by atoms with E-state index in [0.717, 1.165) is 16.9 Å². The van der Waals surface area contributed by atoms with Crippen LogP contribution in [0.25, 0.3) is 0 Å². The first kappa shape index (κ1) is 13.5. The monoisotopic (exact) mass is 276 g/mol. The van der Waals surface area contributed by atoms with Gasteiger partial charge in [0.05, 0.1) is 24.2 Å². The second kappa shape index (κ2) is 6.33. The van der Waals surface area contributed by atoms with Crippen LogP contribution >= 0.6 is 11.3 Å². The van der Waals surface area contributed by atoms with Crippen LogP contribution in [0.1, 0.15) is 17.7 Å². The summed E-state index contributed by atoms with van der Waals surface area (Å²) in [5.41, 5.74) is 4.97. The van der Waals surface area contributed by atoms with Crippen LogP contribution in [0.2, 0.25) is 0 Å². The van der Waals surface area contributed by atoms with Gasteiger partial charge in [-0.05, 0) is 18.6 Å². The van der Waals surface area contributed by atoms with Gasteiger partial charge in [-0.3, -0.25) is 4.79 Å². The van der Waals surface area contributed by atoms with Gasteiger partial charge in [0.25, 0.3) is 0 Å². The average molecular weight is 276 g/mol. The van der Waals surface area contributed by atoms with Crippen LogP contribution in [0.15, 0.2) is 35.2 Å². The molecule has 2 rings (SSSR count). The Morgan fingerprint density at radius 3 is 2.84 bits per heavy atom. The third-order valence-corrected chi connectivity index (χ3v) is 3.52. The number of nitrogens with zero attached hydrogens (tertiary/aromatic N) is 2. The lowest BCUT2D eigenvalue weighted by Gasteiger charge is -2.25. The molecule has 4 nitrogen and oxygen atoms in total. The van der Waals surface area contributed by atoms with Gasteiger partial charge in [0.15, 0.2) is 0 Å². The third kappa shape index (κ3) is 3.79. The lowest BCUT2D eigenvalue weighted by Crippen LogP contribution is -2.26. The van der Waals surface area contributed by atoms with Crippen molar-refractivity contribution in [2.75, 3.05) is 11.4 Å². The molecule has 5 heteroatoms. The molecular weight excluding hydrogens is 260 g/mol. The van der Waals surface area contributed by atoms with Crippen molar-refractivity contribution in [1.29, 1.82) is 0 Å². The maximum atomic E-state index is 10.8. The molecule has 0 unspecified atom stereocenters. The van der Waals surface area contributed by atoms with E-state index in [1.165, 1.54) is 0 Å². The molecule has 1 aromatic carbocycles. The van der Waals surface area contributed by atoms with Crippen LogP contribution in [-0.4, -0.2) is 22.6 Å². The highest BCUT2D eigenvalue weighted by Gasteiger charge is 2.12. The molecule has 0 saturated heterocycles. The number of carbonyl (C=O) groups is 1. The lowest BCUT2D eigenvalue weighted by atomic mass is 10.1. The minimum absolute atomic E-state index is 0.123. The second-order valence-corrected chi connectivity index (χ2v) is 5.05. The molecular formula is C14H16N2O2S. The number of hydrogen-bond acceptors (Lipinski definition) is 4. The summed E-state index contributed by atoms with van der Waals surface area (Å²) in [5, 5.41) is 10.9. The standard InChI is InChI=1S/C14H16N2O2S/c1-11-4-2-3-5-13(11)16(7-6-14(17)18)8-12-9-19-10-15-12/h2-5,9-10H,6-8H2,1H3,(H,17,18). The van der Waals surface area contributed by atoms with Crippen molar-refractivity contribution in [1.82, 2.24) is 4.98 Å². The van der Waals surface area contributed by atoms with E-state index >= 15 is 0 Å². The largest absolute Gasteiger partial charge is 0.481 e. The second-order valence-electron chi connectivity index (χ2n) is 4.33. The summed E-state index contributed by atoms with van der Waals surface area (Å²) in [6.45, 7) is 3.16. The Morgan fingerprint density at radius 2 is 2.21 bits per heavy atom. The first-order valence-electron chi connectivity index (χ1n) is 6.06. The number of para-hydroxylation sites is 1. The zero-order valence-corrected chi connectivity index (χ0v) is 11.6. The van der Waals surface area contributed by atoms with Crippen molar-refractivity contribution in [3.63, 3.8) is 0 Å². The van der Waals surface area contributed by atoms with E-state index in [2.05, 4.69) is 9.88 Å². The number of thiazole rings is 1. The highest BCUT2D eigenvalue weighted by Crippen LogP contribution is 2.21. The fourth-order valence-electron chi connectivity index (χ4n) is 1.94. The number of aryl methyl sites for hydroxylation is 1. The van der Waals surface area contributed by atoms with Gasteiger partial charge in [0.1, 0.15) is 0 Å². The molecule has 0 aliphatic carbocycles. The van der Waals surface area contributed by atoms with Gasteiger partial charge < -0.3 is 10.0 Å². The van der Waals surface area contributed by atoms with Crippen molar-refractivity contribution < 1.29 is 9.90 Å². The molecule has 0 fully saturated rings. The minimum Gasteiger partial charge on any atom is -0.481 e. The van der Waals surface area contributed by atoms with Crippen LogP contribution in [0.5, 0.6) is 0 Å². The fraction of sp³-hybridized carbons (Fsp3) is 0.286. The predicted octanol–water partition coefficient (Wildman–Crippen LogP) is 2.93. The van der Waals surface area contributed by atoms with E-state index in [0.29, 0.717) is 13.1 Å². The summed E-state index contributed by atoms with van der Waals surface area (Å²) in [5.74, 6) is -0.781. The maximum absolute atomic E-state index is 10.8. The smallest absolute Gasteiger partial charge is 0.305 e. The number of carboxylic acids is 1. The molecule has 0 aliphatic heterocycles. The van der Waals surface area contributed by atoms with E-state index in [4.69, 9.17) is 5.11 Å². The van der Waals surface area contributed by atoms with E-state index in [1.54, 1.807) is 16.8 Å². The minimum atomic E-state index is -0.781. The Labute approximate surface area is 116 Å². The number of rotatable bonds is 6. The molecule has 1 heterocycles. The molecule has 100 valence electrons. The number of anilines is 1. The fourth-order valence-corrected chi connectivity index (χ4v) is 2.49. The third-order valence-electron chi connectivity index (χ3n) is 2.89. The first-order valence-corrected chi connectivity index (χ1v) is 7.00. The van der Waals surface area contributed by atoms with Crippen molar-refractivity contribution in [3.05, 3.63) is 46.4 Å². The van der Waals surface area contributed by atoms with Gasteiger partial charge in [-0.15, -0.1) is 11.3 Å².